The summed E-state index contributed by atoms with van der Waals surface area (Å²) in [4.78, 5) is 26.0. The molecule has 2 aromatic carbocycles. The van der Waals surface area contributed by atoms with Crippen LogP contribution in [0.1, 0.15) is 5.56 Å². The molecule has 2 aromatic rings. The second-order valence-electron chi connectivity index (χ2n) is 6.28. The van der Waals surface area contributed by atoms with E-state index >= 15 is 0 Å². The Morgan fingerprint density at radius 3 is 2.69 bits per heavy atom. The van der Waals surface area contributed by atoms with Crippen LogP contribution in [0.2, 0.25) is 0 Å². The monoisotopic (exact) mass is 357 g/mol. The molecule has 7 nitrogen and oxygen atoms in total. The number of carbonyl (C=O) groups is 2. The van der Waals surface area contributed by atoms with Gasteiger partial charge in [-0.1, -0.05) is 30.3 Å². The lowest BCUT2D eigenvalue weighted by atomic mass is 9.91. The SMILES string of the molecule is NN1C(=O)C2(CN(C(=O)OCc3ccccc3)C2)Oc2cc(F)ccc21. The molecular weight excluding hydrogens is 341 g/mol. The number of ether oxygens (including phenoxy) is 2. The Morgan fingerprint density at radius 1 is 1.23 bits per heavy atom. The van der Waals surface area contributed by atoms with Crippen molar-refractivity contribution in [1.29, 1.82) is 0 Å². The maximum atomic E-state index is 13.5. The Labute approximate surface area is 148 Å². The Balaban J connectivity index is 1.43. The van der Waals surface area contributed by atoms with Gasteiger partial charge in [-0.25, -0.2) is 20.0 Å². The second kappa shape index (κ2) is 5.99. The third-order valence-corrected chi connectivity index (χ3v) is 4.45. The normalized spacial score (nSPS) is 17.4. The van der Waals surface area contributed by atoms with Crippen molar-refractivity contribution in [2.45, 2.75) is 12.2 Å². The van der Waals surface area contributed by atoms with Gasteiger partial charge >= 0.3 is 6.09 Å². The maximum absolute atomic E-state index is 13.5. The van der Waals surface area contributed by atoms with Gasteiger partial charge in [0.1, 0.15) is 23.9 Å². The highest BCUT2D eigenvalue weighted by molar-refractivity contribution is 6.03. The first-order valence-corrected chi connectivity index (χ1v) is 8.02. The van der Waals surface area contributed by atoms with Crippen molar-refractivity contribution < 1.29 is 23.5 Å². The number of nitrogens with two attached hydrogens (primary N) is 1. The van der Waals surface area contributed by atoms with Crippen molar-refractivity contribution in [3.8, 4) is 5.75 Å². The summed E-state index contributed by atoms with van der Waals surface area (Å²) in [7, 11) is 0. The van der Waals surface area contributed by atoms with Gasteiger partial charge in [-0.05, 0) is 17.7 Å². The van der Waals surface area contributed by atoms with E-state index in [1.165, 1.54) is 23.1 Å². The molecule has 4 rings (SSSR count). The molecule has 2 N–H and O–H groups in total. The van der Waals surface area contributed by atoms with Crippen LogP contribution in [-0.2, 0) is 16.1 Å². The maximum Gasteiger partial charge on any atom is 0.410 e. The molecule has 0 bridgehead atoms. The number of hydrazine groups is 1. The van der Waals surface area contributed by atoms with E-state index in [-0.39, 0.29) is 31.1 Å². The fourth-order valence-corrected chi connectivity index (χ4v) is 3.06. The zero-order chi connectivity index (χ0) is 18.3. The van der Waals surface area contributed by atoms with Crippen LogP contribution in [0.5, 0.6) is 5.75 Å². The van der Waals surface area contributed by atoms with Crippen LogP contribution in [0.3, 0.4) is 0 Å². The predicted molar refractivity (Wildman–Crippen MR) is 89.6 cm³/mol. The number of halogens is 1. The van der Waals surface area contributed by atoms with Gasteiger partial charge in [-0.3, -0.25) is 9.69 Å². The number of amides is 2. The summed E-state index contributed by atoms with van der Waals surface area (Å²) in [6, 6.07) is 13.0. The number of nitrogens with zero attached hydrogens (tertiary/aromatic N) is 2. The van der Waals surface area contributed by atoms with E-state index in [1.54, 1.807) is 0 Å². The van der Waals surface area contributed by atoms with Crippen LogP contribution >= 0.6 is 0 Å². The highest BCUT2D eigenvalue weighted by Gasteiger charge is 2.58. The van der Waals surface area contributed by atoms with Gasteiger partial charge in [0.25, 0.3) is 5.91 Å². The molecule has 1 saturated heterocycles. The average Bonchev–Trinajstić information content (AvgIpc) is 2.61. The van der Waals surface area contributed by atoms with E-state index in [0.29, 0.717) is 0 Å². The van der Waals surface area contributed by atoms with E-state index in [1.807, 2.05) is 30.3 Å². The van der Waals surface area contributed by atoms with Gasteiger partial charge in [0, 0.05) is 6.07 Å². The van der Waals surface area contributed by atoms with E-state index in [9.17, 15) is 14.0 Å². The first kappa shape index (κ1) is 16.3. The van der Waals surface area contributed by atoms with Crippen molar-refractivity contribution in [1.82, 2.24) is 4.90 Å². The summed E-state index contributed by atoms with van der Waals surface area (Å²) in [5.41, 5.74) is -0.160. The molecule has 2 amide bonds. The third kappa shape index (κ3) is 2.64. The fraction of sp³-hybridized carbons (Fsp3) is 0.222. The molecule has 0 aromatic heterocycles. The molecule has 1 fully saturated rings. The lowest BCUT2D eigenvalue weighted by Gasteiger charge is -2.50. The van der Waals surface area contributed by atoms with Gasteiger partial charge < -0.3 is 9.47 Å². The summed E-state index contributed by atoms with van der Waals surface area (Å²) in [5, 5.41) is 0.935. The summed E-state index contributed by atoms with van der Waals surface area (Å²) in [6.45, 7) is 0.112. The highest BCUT2D eigenvalue weighted by atomic mass is 19.1. The van der Waals surface area contributed by atoms with Crippen molar-refractivity contribution >= 4 is 17.7 Å². The first-order valence-electron chi connectivity index (χ1n) is 8.02. The summed E-state index contributed by atoms with van der Waals surface area (Å²) < 4.78 is 24.4. The molecule has 0 atom stereocenters. The number of anilines is 1. The van der Waals surface area contributed by atoms with E-state index in [0.717, 1.165) is 10.6 Å². The third-order valence-electron chi connectivity index (χ3n) is 4.45. The lowest BCUT2D eigenvalue weighted by molar-refractivity contribution is -0.150. The number of carbonyl (C=O) groups excluding carboxylic acids is 2. The molecular formula is C18H16FN3O4. The number of likely N-dealkylation sites (tertiary alicyclic amines) is 1. The number of hydrogen-bond acceptors (Lipinski definition) is 5. The van der Waals surface area contributed by atoms with Crippen LogP contribution in [-0.4, -0.2) is 35.6 Å². The molecule has 8 heteroatoms. The van der Waals surface area contributed by atoms with Crippen molar-refractivity contribution in [2.24, 2.45) is 5.84 Å². The van der Waals surface area contributed by atoms with Crippen LogP contribution in [0, 0.1) is 5.82 Å². The Bertz CT molecular complexity index is 868. The summed E-state index contributed by atoms with van der Waals surface area (Å²) in [5.74, 6) is 5.02. The minimum Gasteiger partial charge on any atom is -0.471 e. The van der Waals surface area contributed by atoms with Gasteiger partial charge in [-0.2, -0.15) is 0 Å². The lowest BCUT2D eigenvalue weighted by Crippen LogP contribution is -2.75. The van der Waals surface area contributed by atoms with E-state index in [2.05, 4.69) is 0 Å². The smallest absolute Gasteiger partial charge is 0.410 e. The van der Waals surface area contributed by atoms with E-state index in [4.69, 9.17) is 15.3 Å². The number of hydrogen-bond donors (Lipinski definition) is 1. The molecule has 0 unspecified atom stereocenters. The standard InChI is InChI=1S/C18H16FN3O4/c19-13-6-7-14-15(8-13)26-18(16(23)22(14)20)10-21(11-18)17(24)25-9-12-4-2-1-3-5-12/h1-8H,9-11,20H2. The van der Waals surface area contributed by atoms with Crippen LogP contribution in [0.4, 0.5) is 14.9 Å². The number of rotatable bonds is 2. The quantitative estimate of drug-likeness (QED) is 0.655. The minimum absolute atomic E-state index is 0.0108. The van der Waals surface area contributed by atoms with Crippen molar-refractivity contribution in [3.05, 3.63) is 59.9 Å². The zero-order valence-corrected chi connectivity index (χ0v) is 13.7. The van der Waals surface area contributed by atoms with Gasteiger partial charge in [0.05, 0.1) is 13.1 Å². The van der Waals surface area contributed by atoms with Crippen LogP contribution in [0.15, 0.2) is 48.5 Å². The highest BCUT2D eigenvalue weighted by Crippen LogP contribution is 2.40. The molecule has 0 radical (unpaired) electrons. The van der Waals surface area contributed by atoms with Crippen molar-refractivity contribution in [3.63, 3.8) is 0 Å². The fourth-order valence-electron chi connectivity index (χ4n) is 3.06. The molecule has 2 aliphatic rings. The average molecular weight is 357 g/mol. The second-order valence-corrected chi connectivity index (χ2v) is 6.28. The molecule has 26 heavy (non-hydrogen) atoms. The largest absolute Gasteiger partial charge is 0.471 e. The molecule has 134 valence electrons. The summed E-state index contributed by atoms with van der Waals surface area (Å²) >= 11 is 0. The summed E-state index contributed by atoms with van der Waals surface area (Å²) in [6.07, 6.45) is -0.551. The van der Waals surface area contributed by atoms with E-state index < -0.39 is 23.4 Å². The molecule has 2 heterocycles. The number of fused-ring (bicyclic) bond motifs is 1. The Kier molecular flexibility index (Phi) is 3.77. The van der Waals surface area contributed by atoms with Gasteiger partial charge in [0.15, 0.2) is 0 Å². The Morgan fingerprint density at radius 2 is 1.96 bits per heavy atom. The van der Waals surface area contributed by atoms with Crippen LogP contribution in [0.25, 0.3) is 0 Å². The topological polar surface area (TPSA) is 85.1 Å². The van der Waals surface area contributed by atoms with Crippen molar-refractivity contribution in [2.75, 3.05) is 18.1 Å². The predicted octanol–water partition coefficient (Wildman–Crippen LogP) is 1.82. The van der Waals surface area contributed by atoms with Gasteiger partial charge in [-0.15, -0.1) is 0 Å². The molecule has 1 spiro atoms. The molecule has 0 aliphatic carbocycles. The zero-order valence-electron chi connectivity index (χ0n) is 13.7. The minimum atomic E-state index is -1.30. The van der Waals surface area contributed by atoms with Gasteiger partial charge in [0.2, 0.25) is 5.60 Å². The van der Waals surface area contributed by atoms with Crippen LogP contribution < -0.4 is 15.6 Å². The molecule has 0 saturated carbocycles. The molecule has 2 aliphatic heterocycles. The first-order chi connectivity index (χ1) is 12.5. The Hall–Kier alpha value is -3.13. The number of benzene rings is 2.